The van der Waals surface area contributed by atoms with Gasteiger partial charge in [-0.3, -0.25) is 9.59 Å². The lowest BCUT2D eigenvalue weighted by Crippen LogP contribution is -2.30. The lowest BCUT2D eigenvalue weighted by molar-refractivity contribution is -0.129. The summed E-state index contributed by atoms with van der Waals surface area (Å²) < 4.78 is 14.8. The molecule has 2 aromatic heterocycles. The van der Waals surface area contributed by atoms with Crippen LogP contribution in [0.5, 0.6) is 0 Å². The molecule has 1 atom stereocenters. The Hall–Kier alpha value is -3.29. The van der Waals surface area contributed by atoms with Crippen LogP contribution in [0.1, 0.15) is 34.0 Å². The highest BCUT2D eigenvalue weighted by Gasteiger charge is 2.29. The minimum absolute atomic E-state index is 0.0216. The van der Waals surface area contributed by atoms with Gasteiger partial charge in [-0.1, -0.05) is 12.1 Å². The van der Waals surface area contributed by atoms with E-state index in [1.54, 1.807) is 43.1 Å². The van der Waals surface area contributed by atoms with Gasteiger partial charge in [-0.25, -0.2) is 13.9 Å². The van der Waals surface area contributed by atoms with E-state index >= 15 is 0 Å². The predicted molar refractivity (Wildman–Crippen MR) is 105 cm³/mol. The van der Waals surface area contributed by atoms with Gasteiger partial charge < -0.3 is 9.80 Å². The molecule has 1 aromatic carbocycles. The molecule has 8 heteroatoms. The van der Waals surface area contributed by atoms with E-state index < -0.39 is 0 Å². The van der Waals surface area contributed by atoms with Crippen LogP contribution in [0, 0.1) is 5.82 Å². The van der Waals surface area contributed by atoms with Gasteiger partial charge in [0.15, 0.2) is 5.65 Å². The van der Waals surface area contributed by atoms with Gasteiger partial charge in [0.1, 0.15) is 11.4 Å². The Labute approximate surface area is 167 Å². The predicted octanol–water partition coefficient (Wildman–Crippen LogP) is 2.13. The quantitative estimate of drug-likeness (QED) is 0.679. The third kappa shape index (κ3) is 3.70. The summed E-state index contributed by atoms with van der Waals surface area (Å²) in [6.45, 7) is 1.23. The molecular formula is C21H22FN5O2. The Kier molecular flexibility index (Phi) is 5.00. The fraction of sp³-hybridized carbons (Fsp3) is 0.333. The first kappa shape index (κ1) is 19.0. The number of aromatic nitrogens is 3. The molecule has 3 heterocycles. The number of fused-ring (bicyclic) bond motifs is 1. The van der Waals surface area contributed by atoms with Crippen molar-refractivity contribution in [2.24, 2.45) is 0 Å². The average molecular weight is 395 g/mol. The number of hydrogen-bond acceptors (Lipinski definition) is 4. The van der Waals surface area contributed by atoms with Crippen molar-refractivity contribution in [3.8, 4) is 0 Å². The van der Waals surface area contributed by atoms with Crippen LogP contribution in [0.15, 0.2) is 42.7 Å². The van der Waals surface area contributed by atoms with Crippen molar-refractivity contribution in [1.82, 2.24) is 24.4 Å². The number of carbonyl (C=O) groups excluding carboxylic acids is 2. The molecule has 0 spiro atoms. The zero-order valence-corrected chi connectivity index (χ0v) is 16.4. The molecule has 1 saturated heterocycles. The maximum atomic E-state index is 13.1. The summed E-state index contributed by atoms with van der Waals surface area (Å²) in [6, 6.07) is 7.91. The number of rotatable bonds is 4. The van der Waals surface area contributed by atoms with E-state index in [0.717, 1.165) is 17.7 Å². The van der Waals surface area contributed by atoms with Gasteiger partial charge in [0.05, 0.1) is 18.3 Å². The second-order valence-electron chi connectivity index (χ2n) is 7.49. The molecule has 1 fully saturated rings. The molecule has 0 aliphatic carbocycles. The van der Waals surface area contributed by atoms with E-state index in [2.05, 4.69) is 10.1 Å². The van der Waals surface area contributed by atoms with Gasteiger partial charge >= 0.3 is 0 Å². The molecule has 0 saturated carbocycles. The van der Waals surface area contributed by atoms with Crippen LogP contribution >= 0.6 is 0 Å². The molecule has 1 aliphatic rings. The van der Waals surface area contributed by atoms with E-state index in [1.165, 1.54) is 17.0 Å². The van der Waals surface area contributed by atoms with Gasteiger partial charge in [-0.15, -0.1) is 0 Å². The van der Waals surface area contributed by atoms with Gasteiger partial charge in [0.2, 0.25) is 5.91 Å². The molecule has 1 aliphatic heterocycles. The summed E-state index contributed by atoms with van der Waals surface area (Å²) in [7, 11) is 3.38. The number of halogens is 1. The van der Waals surface area contributed by atoms with Crippen molar-refractivity contribution >= 4 is 17.5 Å². The Morgan fingerprint density at radius 1 is 1.21 bits per heavy atom. The van der Waals surface area contributed by atoms with E-state index in [4.69, 9.17) is 0 Å². The van der Waals surface area contributed by atoms with Crippen LogP contribution < -0.4 is 0 Å². The highest BCUT2D eigenvalue weighted by Crippen LogP contribution is 2.28. The summed E-state index contributed by atoms with van der Waals surface area (Å²) in [5.41, 5.74) is 2.71. The normalized spacial score (nSPS) is 16.4. The number of benzene rings is 1. The van der Waals surface area contributed by atoms with Gasteiger partial charge in [0, 0.05) is 39.3 Å². The Morgan fingerprint density at radius 3 is 2.69 bits per heavy atom. The number of carbonyl (C=O) groups is 2. The largest absolute Gasteiger partial charge is 0.345 e. The molecule has 0 N–H and O–H groups in total. The van der Waals surface area contributed by atoms with Crippen LogP contribution in [-0.2, 0) is 11.2 Å². The first-order valence-corrected chi connectivity index (χ1v) is 9.50. The monoisotopic (exact) mass is 395 g/mol. The van der Waals surface area contributed by atoms with E-state index in [1.807, 2.05) is 11.0 Å². The minimum atomic E-state index is -0.310. The van der Waals surface area contributed by atoms with Crippen molar-refractivity contribution in [3.63, 3.8) is 0 Å². The lowest BCUT2D eigenvalue weighted by atomic mass is 10.0. The molecule has 2 amide bonds. The maximum absolute atomic E-state index is 13.1. The topological polar surface area (TPSA) is 70.8 Å². The standard InChI is InChI=1S/C21H22FN5O2/c1-25(2)21(29)17-12-24-27-18(7-9-23-20(17)27)15-8-10-26(13-15)19(28)11-14-3-5-16(22)6-4-14/h3-7,9,12,15H,8,10-11,13H2,1-2H3/t15-/m0/s1. The van der Waals surface area contributed by atoms with Gasteiger partial charge in [-0.05, 0) is 30.2 Å². The van der Waals surface area contributed by atoms with Crippen LogP contribution in [0.4, 0.5) is 4.39 Å². The van der Waals surface area contributed by atoms with Crippen molar-refractivity contribution in [2.45, 2.75) is 18.8 Å². The zero-order chi connectivity index (χ0) is 20.5. The highest BCUT2D eigenvalue weighted by atomic mass is 19.1. The Morgan fingerprint density at radius 2 is 1.97 bits per heavy atom. The van der Waals surface area contributed by atoms with Crippen molar-refractivity contribution in [2.75, 3.05) is 27.2 Å². The van der Waals surface area contributed by atoms with Gasteiger partial charge in [0.25, 0.3) is 5.91 Å². The second kappa shape index (κ2) is 7.62. The molecule has 29 heavy (non-hydrogen) atoms. The first-order valence-electron chi connectivity index (χ1n) is 9.50. The molecule has 7 nitrogen and oxygen atoms in total. The van der Waals surface area contributed by atoms with Gasteiger partial charge in [-0.2, -0.15) is 5.10 Å². The third-order valence-electron chi connectivity index (χ3n) is 5.29. The molecule has 3 aromatic rings. The second-order valence-corrected chi connectivity index (χ2v) is 7.49. The smallest absolute Gasteiger partial charge is 0.258 e. The molecule has 4 rings (SSSR count). The third-order valence-corrected chi connectivity index (χ3v) is 5.29. The lowest BCUT2D eigenvalue weighted by Gasteiger charge is -2.17. The van der Waals surface area contributed by atoms with Crippen molar-refractivity contribution in [3.05, 3.63) is 65.4 Å². The summed E-state index contributed by atoms with van der Waals surface area (Å²) in [6.07, 6.45) is 4.29. The highest BCUT2D eigenvalue weighted by molar-refractivity contribution is 5.99. The number of nitrogens with zero attached hydrogens (tertiary/aromatic N) is 5. The first-order chi connectivity index (χ1) is 13.9. The minimum Gasteiger partial charge on any atom is -0.345 e. The summed E-state index contributed by atoms with van der Waals surface area (Å²) in [5.74, 6) is -0.323. The molecule has 0 radical (unpaired) electrons. The fourth-order valence-electron chi connectivity index (χ4n) is 3.73. The number of amides is 2. The van der Waals surface area contributed by atoms with E-state index in [0.29, 0.717) is 24.3 Å². The zero-order valence-electron chi connectivity index (χ0n) is 16.4. The van der Waals surface area contributed by atoms with E-state index in [-0.39, 0.29) is 30.0 Å². The maximum Gasteiger partial charge on any atom is 0.258 e. The SMILES string of the molecule is CN(C)C(=O)c1cnn2c([C@H]3CCN(C(=O)Cc4ccc(F)cc4)C3)ccnc12. The van der Waals surface area contributed by atoms with Crippen LogP contribution in [-0.4, -0.2) is 63.4 Å². The fourth-order valence-corrected chi connectivity index (χ4v) is 3.73. The molecule has 0 unspecified atom stereocenters. The molecule has 0 bridgehead atoms. The van der Waals surface area contributed by atoms with Crippen molar-refractivity contribution < 1.29 is 14.0 Å². The Bertz CT molecular complexity index is 1060. The summed E-state index contributed by atoms with van der Waals surface area (Å²) in [4.78, 5) is 32.7. The number of hydrogen-bond donors (Lipinski definition) is 0. The molecule has 150 valence electrons. The Balaban J connectivity index is 1.51. The average Bonchev–Trinajstić information content (AvgIpc) is 3.36. The van der Waals surface area contributed by atoms with Crippen molar-refractivity contribution in [1.29, 1.82) is 0 Å². The summed E-state index contributed by atoms with van der Waals surface area (Å²) in [5, 5.41) is 4.38. The summed E-state index contributed by atoms with van der Waals surface area (Å²) >= 11 is 0. The van der Waals surface area contributed by atoms with Crippen LogP contribution in [0.25, 0.3) is 5.65 Å². The van der Waals surface area contributed by atoms with Crippen LogP contribution in [0.3, 0.4) is 0 Å². The van der Waals surface area contributed by atoms with E-state index in [9.17, 15) is 14.0 Å². The molecular weight excluding hydrogens is 373 g/mol. The number of likely N-dealkylation sites (tertiary alicyclic amines) is 1. The van der Waals surface area contributed by atoms with Crippen LogP contribution in [0.2, 0.25) is 0 Å².